The van der Waals surface area contributed by atoms with E-state index in [-0.39, 0.29) is 17.4 Å². The monoisotopic (exact) mass is 426 g/mol. The van der Waals surface area contributed by atoms with Crippen LogP contribution in [0.3, 0.4) is 0 Å². The molecule has 0 saturated heterocycles. The van der Waals surface area contributed by atoms with Gasteiger partial charge >= 0.3 is 6.18 Å². The van der Waals surface area contributed by atoms with Gasteiger partial charge in [0.05, 0.1) is 11.7 Å². The van der Waals surface area contributed by atoms with Crippen molar-refractivity contribution < 1.29 is 26.0 Å². The van der Waals surface area contributed by atoms with Crippen molar-refractivity contribution >= 4 is 10.0 Å². The molecular weight excluding hydrogens is 409 g/mol. The normalized spacial score (nSPS) is 16.1. The molecule has 1 saturated carbocycles. The Morgan fingerprint density at radius 3 is 2.66 bits per heavy atom. The van der Waals surface area contributed by atoms with E-state index in [0.717, 1.165) is 24.5 Å². The van der Waals surface area contributed by atoms with Gasteiger partial charge in [0.15, 0.2) is 5.76 Å². The van der Waals surface area contributed by atoms with Gasteiger partial charge in [-0.2, -0.15) is 23.0 Å². The zero-order valence-electron chi connectivity index (χ0n) is 15.2. The molecule has 0 bridgehead atoms. The molecule has 1 unspecified atom stereocenters. The molecule has 3 heterocycles. The highest BCUT2D eigenvalue weighted by Crippen LogP contribution is 2.42. The summed E-state index contributed by atoms with van der Waals surface area (Å²) in [5.41, 5.74) is 0.319. The van der Waals surface area contributed by atoms with Crippen LogP contribution in [-0.2, 0) is 16.2 Å². The first-order valence-electron chi connectivity index (χ1n) is 8.82. The lowest BCUT2D eigenvalue weighted by Crippen LogP contribution is -2.30. The first kappa shape index (κ1) is 19.6. The number of aromatic amines is 1. The summed E-state index contributed by atoms with van der Waals surface area (Å²) >= 11 is 0. The summed E-state index contributed by atoms with van der Waals surface area (Å²) in [6, 6.07) is 6.34. The van der Waals surface area contributed by atoms with Gasteiger partial charge in [0.1, 0.15) is 11.4 Å². The number of furan rings is 1. The van der Waals surface area contributed by atoms with Crippen LogP contribution in [0.5, 0.6) is 0 Å². The lowest BCUT2D eigenvalue weighted by Gasteiger charge is -2.18. The van der Waals surface area contributed by atoms with Crippen LogP contribution < -0.4 is 4.72 Å². The Kier molecular flexibility index (Phi) is 4.74. The van der Waals surface area contributed by atoms with Crippen LogP contribution in [0.2, 0.25) is 0 Å². The zero-order chi connectivity index (χ0) is 20.8. The summed E-state index contributed by atoms with van der Waals surface area (Å²) in [5.74, 6) is 0.0441. The third-order valence-corrected chi connectivity index (χ3v) is 6.02. The third-order valence-electron chi connectivity index (χ3n) is 4.70. The van der Waals surface area contributed by atoms with Gasteiger partial charge in [-0.25, -0.2) is 8.42 Å². The lowest BCUT2D eigenvalue weighted by molar-refractivity contribution is -0.141. The highest BCUT2D eigenvalue weighted by atomic mass is 32.2. The molecule has 0 radical (unpaired) electrons. The molecule has 0 aromatic carbocycles. The number of halogens is 3. The van der Waals surface area contributed by atoms with Crippen LogP contribution in [0.25, 0.3) is 11.5 Å². The minimum atomic E-state index is -4.59. The number of hydrogen-bond acceptors (Lipinski definition) is 5. The van der Waals surface area contributed by atoms with Crippen molar-refractivity contribution in [3.05, 3.63) is 53.5 Å². The van der Waals surface area contributed by atoms with Gasteiger partial charge in [0, 0.05) is 6.20 Å². The van der Waals surface area contributed by atoms with E-state index in [4.69, 9.17) is 4.42 Å². The molecule has 1 aliphatic rings. The Hall–Kier alpha value is -2.66. The van der Waals surface area contributed by atoms with Crippen LogP contribution in [-0.4, -0.2) is 23.6 Å². The van der Waals surface area contributed by atoms with E-state index < -0.39 is 33.0 Å². The van der Waals surface area contributed by atoms with Crippen molar-refractivity contribution in [1.29, 1.82) is 0 Å². The Morgan fingerprint density at radius 1 is 1.28 bits per heavy atom. The fraction of sp³-hybridized carbons (Fsp3) is 0.333. The topological polar surface area (TPSA) is 101 Å². The van der Waals surface area contributed by atoms with Gasteiger partial charge < -0.3 is 4.42 Å². The van der Waals surface area contributed by atoms with Crippen molar-refractivity contribution in [3.63, 3.8) is 0 Å². The molecule has 11 heteroatoms. The summed E-state index contributed by atoms with van der Waals surface area (Å²) in [7, 11) is -4.06. The van der Waals surface area contributed by atoms with Gasteiger partial charge in [-0.15, -0.1) is 0 Å². The fourth-order valence-electron chi connectivity index (χ4n) is 3.05. The Morgan fingerprint density at radius 2 is 2.03 bits per heavy atom. The van der Waals surface area contributed by atoms with E-state index in [2.05, 4.69) is 14.8 Å². The smallest absolute Gasteiger partial charge is 0.432 e. The number of hydrogen-bond donors (Lipinski definition) is 2. The van der Waals surface area contributed by atoms with Gasteiger partial charge in [-0.05, 0) is 55.5 Å². The number of H-pyrrole nitrogens is 1. The van der Waals surface area contributed by atoms with Crippen molar-refractivity contribution in [1.82, 2.24) is 19.9 Å². The molecule has 3 aromatic rings. The second-order valence-corrected chi connectivity index (χ2v) is 8.57. The minimum absolute atomic E-state index is 0.0888. The quantitative estimate of drug-likeness (QED) is 0.624. The first-order chi connectivity index (χ1) is 13.6. The molecule has 4 rings (SSSR count). The van der Waals surface area contributed by atoms with Crippen LogP contribution in [0.1, 0.15) is 35.8 Å². The second kappa shape index (κ2) is 6.99. The van der Waals surface area contributed by atoms with E-state index in [1.165, 1.54) is 12.1 Å². The standard InChI is InChI=1S/C18H17F3N4O3S/c1-10-3-2-8-22-16(10)17(11-4-5-11)25-29(26,27)15-7-6-13(28-15)12-9-14(24-23-12)18(19,20)21/h2-3,6-9,11,17,25H,4-5H2,1H3,(H,23,24). The maximum Gasteiger partial charge on any atom is 0.432 e. The number of aryl methyl sites for hydroxylation is 1. The largest absolute Gasteiger partial charge is 0.442 e. The molecule has 154 valence electrons. The van der Waals surface area contributed by atoms with Gasteiger partial charge in [0.2, 0.25) is 5.09 Å². The number of nitrogens with one attached hydrogen (secondary N) is 2. The van der Waals surface area contributed by atoms with Crippen molar-refractivity contribution in [2.24, 2.45) is 5.92 Å². The maximum absolute atomic E-state index is 12.8. The van der Waals surface area contributed by atoms with Gasteiger partial charge in [-0.3, -0.25) is 10.1 Å². The van der Waals surface area contributed by atoms with E-state index in [1.54, 1.807) is 12.3 Å². The lowest BCUT2D eigenvalue weighted by atomic mass is 10.1. The molecule has 2 N–H and O–H groups in total. The molecule has 3 aromatic heterocycles. The van der Waals surface area contributed by atoms with Crippen molar-refractivity contribution in [3.8, 4) is 11.5 Å². The number of rotatable bonds is 6. The molecule has 29 heavy (non-hydrogen) atoms. The highest BCUT2D eigenvalue weighted by Gasteiger charge is 2.38. The zero-order valence-corrected chi connectivity index (χ0v) is 16.0. The molecule has 1 aliphatic carbocycles. The molecule has 7 nitrogen and oxygen atoms in total. The predicted molar refractivity (Wildman–Crippen MR) is 96.1 cm³/mol. The molecule has 1 fully saturated rings. The Balaban J connectivity index is 1.59. The average molecular weight is 426 g/mol. The van der Waals surface area contributed by atoms with Gasteiger partial charge in [0.25, 0.3) is 10.0 Å². The predicted octanol–water partition coefficient (Wildman–Crippen LogP) is 3.82. The third kappa shape index (κ3) is 4.06. The molecule has 0 spiro atoms. The van der Waals surface area contributed by atoms with Crippen LogP contribution in [0.4, 0.5) is 13.2 Å². The summed E-state index contributed by atoms with van der Waals surface area (Å²) in [6.45, 7) is 1.85. The maximum atomic E-state index is 12.8. The number of sulfonamides is 1. The van der Waals surface area contributed by atoms with E-state index in [9.17, 15) is 21.6 Å². The van der Waals surface area contributed by atoms with E-state index >= 15 is 0 Å². The molecule has 0 amide bonds. The minimum Gasteiger partial charge on any atom is -0.442 e. The summed E-state index contributed by atoms with van der Waals surface area (Å²) in [4.78, 5) is 4.32. The van der Waals surface area contributed by atoms with E-state index in [0.29, 0.717) is 5.69 Å². The second-order valence-electron chi connectivity index (χ2n) is 6.93. The molecule has 0 aliphatic heterocycles. The Bertz CT molecular complexity index is 1130. The molecule has 1 atom stereocenters. The molecular formula is C18H17F3N4O3S. The van der Waals surface area contributed by atoms with Crippen LogP contribution in [0.15, 0.2) is 46.0 Å². The fourth-order valence-corrected chi connectivity index (χ4v) is 4.25. The Labute approximate surface area is 164 Å². The number of alkyl halides is 3. The number of nitrogens with zero attached hydrogens (tertiary/aromatic N) is 2. The first-order valence-corrected chi connectivity index (χ1v) is 10.3. The summed E-state index contributed by atoms with van der Waals surface area (Å²) in [5, 5.41) is 5.01. The number of pyridine rings is 1. The average Bonchev–Trinajstić information content (AvgIpc) is 3.15. The van der Waals surface area contributed by atoms with Crippen LogP contribution >= 0.6 is 0 Å². The van der Waals surface area contributed by atoms with Crippen LogP contribution in [0, 0.1) is 12.8 Å². The van der Waals surface area contributed by atoms with E-state index in [1.807, 2.05) is 18.1 Å². The highest BCUT2D eigenvalue weighted by molar-refractivity contribution is 7.89. The van der Waals surface area contributed by atoms with Crippen molar-refractivity contribution in [2.75, 3.05) is 0 Å². The SMILES string of the molecule is Cc1cccnc1C(NS(=O)(=O)c1ccc(-c2cc(C(F)(F)F)[nH]n2)o1)C1CC1. The van der Waals surface area contributed by atoms with Gasteiger partial charge in [-0.1, -0.05) is 6.07 Å². The van der Waals surface area contributed by atoms with Crippen molar-refractivity contribution in [2.45, 2.75) is 37.1 Å². The summed E-state index contributed by atoms with van der Waals surface area (Å²) in [6.07, 6.45) is -1.24. The number of aromatic nitrogens is 3. The summed E-state index contributed by atoms with van der Waals surface area (Å²) < 4.78 is 71.7.